The molecule has 120 valence electrons. The minimum atomic E-state index is -6.86. The van der Waals surface area contributed by atoms with E-state index in [9.17, 15) is 39.5 Å². The Morgan fingerprint density at radius 1 is 0.750 bits per heavy atom. The molecule has 0 heterocycles. The van der Waals surface area contributed by atoms with Crippen molar-refractivity contribution in [1.29, 1.82) is 0 Å². The van der Waals surface area contributed by atoms with Gasteiger partial charge in [0.05, 0.1) is 0 Å². The minimum absolute atomic E-state index is 0.0876. The van der Waals surface area contributed by atoms with Crippen molar-refractivity contribution >= 4 is 0 Å². The molecule has 0 aromatic carbocycles. The zero-order valence-corrected chi connectivity index (χ0v) is 9.83. The second-order valence-electron chi connectivity index (χ2n) is 3.89. The summed E-state index contributed by atoms with van der Waals surface area (Å²) in [7, 11) is 0. The number of hydrogen-bond donors (Lipinski definition) is 1. The molecule has 0 aliphatic carbocycles. The quantitative estimate of drug-likeness (QED) is 0.424. The maximum atomic E-state index is 12.9. The van der Waals surface area contributed by atoms with Crippen LogP contribution in [0.25, 0.3) is 0 Å². The van der Waals surface area contributed by atoms with E-state index in [1.165, 1.54) is 0 Å². The summed E-state index contributed by atoms with van der Waals surface area (Å²) < 4.78 is 111. The normalized spacial score (nSPS) is 15.1. The number of alkyl halides is 9. The van der Waals surface area contributed by atoms with Gasteiger partial charge in [-0.05, 0) is 25.3 Å². The molecule has 0 fully saturated rings. The minimum Gasteiger partial charge on any atom is -0.396 e. The fraction of sp³-hybridized carbons (Fsp3) is 0.800. The summed E-state index contributed by atoms with van der Waals surface area (Å²) in [6.45, 7) is -0.299. The first-order valence-corrected chi connectivity index (χ1v) is 5.30. The van der Waals surface area contributed by atoms with Gasteiger partial charge in [0, 0.05) is 6.61 Å². The third-order valence-corrected chi connectivity index (χ3v) is 2.28. The van der Waals surface area contributed by atoms with Crippen molar-refractivity contribution in [3.05, 3.63) is 12.2 Å². The number of aliphatic hydroxyl groups is 1. The van der Waals surface area contributed by atoms with E-state index in [0.717, 1.165) is 0 Å². The van der Waals surface area contributed by atoms with Crippen LogP contribution in [-0.2, 0) is 0 Å². The van der Waals surface area contributed by atoms with Crippen molar-refractivity contribution in [3.8, 4) is 0 Å². The molecule has 1 nitrogen and oxygen atoms in total. The smallest absolute Gasteiger partial charge is 0.396 e. The number of allylic oxidation sites excluding steroid dienone is 2. The summed E-state index contributed by atoms with van der Waals surface area (Å²) in [6.07, 6.45) is -7.15. The maximum absolute atomic E-state index is 12.9. The molecule has 0 aromatic heterocycles. The molecule has 0 saturated carbocycles. The first-order valence-electron chi connectivity index (χ1n) is 5.30. The molecular weight excluding hydrogens is 307 g/mol. The third kappa shape index (κ3) is 3.80. The van der Waals surface area contributed by atoms with E-state index >= 15 is 0 Å². The van der Waals surface area contributed by atoms with Gasteiger partial charge in [0.25, 0.3) is 0 Å². The van der Waals surface area contributed by atoms with Gasteiger partial charge in [-0.3, -0.25) is 0 Å². The average Bonchev–Trinajstić information content (AvgIpc) is 2.26. The first-order chi connectivity index (χ1) is 8.81. The van der Waals surface area contributed by atoms with Crippen LogP contribution in [0.3, 0.4) is 0 Å². The number of aliphatic hydroxyl groups excluding tert-OH is 1. The molecule has 0 aliphatic rings. The molecule has 0 saturated heterocycles. The van der Waals surface area contributed by atoms with Crippen LogP contribution in [0, 0.1) is 0 Å². The van der Waals surface area contributed by atoms with Gasteiger partial charge in [0.1, 0.15) is 0 Å². The van der Waals surface area contributed by atoms with Crippen LogP contribution >= 0.6 is 0 Å². The van der Waals surface area contributed by atoms with E-state index in [0.29, 0.717) is 6.08 Å². The van der Waals surface area contributed by atoms with Crippen molar-refractivity contribution in [2.45, 2.75) is 43.2 Å². The van der Waals surface area contributed by atoms with Gasteiger partial charge in [0.2, 0.25) is 0 Å². The Labute approximate surface area is 108 Å². The molecule has 0 bridgehead atoms. The van der Waals surface area contributed by atoms with Crippen LogP contribution in [0.5, 0.6) is 0 Å². The van der Waals surface area contributed by atoms with Crippen molar-refractivity contribution in [1.82, 2.24) is 0 Å². The lowest BCUT2D eigenvalue weighted by atomic mass is 10.0. The summed E-state index contributed by atoms with van der Waals surface area (Å²) in [5.74, 6) is -19.1. The number of halogens is 9. The molecule has 0 atom stereocenters. The van der Waals surface area contributed by atoms with E-state index in [2.05, 4.69) is 0 Å². The van der Waals surface area contributed by atoms with Gasteiger partial charge >= 0.3 is 23.9 Å². The Bertz CT molecular complexity index is 332. The third-order valence-electron chi connectivity index (χ3n) is 2.28. The van der Waals surface area contributed by atoms with E-state index in [1.807, 2.05) is 0 Å². The van der Waals surface area contributed by atoms with Crippen LogP contribution in [0.1, 0.15) is 19.3 Å². The first kappa shape index (κ1) is 19.1. The Morgan fingerprint density at radius 2 is 1.25 bits per heavy atom. The summed E-state index contributed by atoms with van der Waals surface area (Å²) >= 11 is 0. The van der Waals surface area contributed by atoms with Gasteiger partial charge in [-0.1, -0.05) is 6.08 Å². The molecule has 0 rings (SSSR count). The van der Waals surface area contributed by atoms with Crippen molar-refractivity contribution in [3.63, 3.8) is 0 Å². The summed E-state index contributed by atoms with van der Waals surface area (Å²) in [5, 5.41) is 8.33. The van der Waals surface area contributed by atoms with E-state index in [4.69, 9.17) is 5.11 Å². The number of hydrogen-bond acceptors (Lipinski definition) is 1. The van der Waals surface area contributed by atoms with Crippen LogP contribution in [0.2, 0.25) is 0 Å². The van der Waals surface area contributed by atoms with Crippen molar-refractivity contribution in [2.24, 2.45) is 0 Å². The van der Waals surface area contributed by atoms with Crippen LogP contribution in [0.4, 0.5) is 39.5 Å². The number of rotatable bonds is 7. The Kier molecular flexibility index (Phi) is 5.94. The van der Waals surface area contributed by atoms with Crippen LogP contribution in [-0.4, -0.2) is 35.7 Å². The fourth-order valence-corrected chi connectivity index (χ4v) is 1.10. The van der Waals surface area contributed by atoms with Gasteiger partial charge in [0.15, 0.2) is 0 Å². The van der Waals surface area contributed by atoms with Gasteiger partial charge in [-0.25, -0.2) is 0 Å². The maximum Gasteiger partial charge on any atom is 0.460 e. The highest BCUT2D eigenvalue weighted by atomic mass is 19.4. The molecule has 0 amide bonds. The SMILES string of the molecule is OCCCC/C=C/C(F)(F)C(F)(F)C(F)(F)C(F)(F)F. The second-order valence-corrected chi connectivity index (χ2v) is 3.89. The van der Waals surface area contributed by atoms with Gasteiger partial charge in [-0.2, -0.15) is 39.5 Å². The average molecular weight is 318 g/mol. The molecular formula is C10H11F9O. The van der Waals surface area contributed by atoms with Gasteiger partial charge in [-0.15, -0.1) is 0 Å². The molecule has 0 radical (unpaired) electrons. The van der Waals surface area contributed by atoms with Crippen molar-refractivity contribution < 1.29 is 44.6 Å². The summed E-state index contributed by atoms with van der Waals surface area (Å²) in [4.78, 5) is 0. The summed E-state index contributed by atoms with van der Waals surface area (Å²) in [6, 6.07) is 0. The van der Waals surface area contributed by atoms with E-state index < -0.39 is 30.0 Å². The highest BCUT2D eigenvalue weighted by molar-refractivity contribution is 5.10. The summed E-state index contributed by atoms with van der Waals surface area (Å²) in [5.41, 5.74) is 0. The largest absolute Gasteiger partial charge is 0.460 e. The second kappa shape index (κ2) is 6.23. The molecule has 10 heteroatoms. The Balaban J connectivity index is 5.07. The lowest BCUT2D eigenvalue weighted by molar-refractivity contribution is -0.388. The predicted octanol–water partition coefficient (Wildman–Crippen LogP) is 4.17. The number of unbranched alkanes of at least 4 members (excludes halogenated alkanes) is 2. The van der Waals surface area contributed by atoms with Gasteiger partial charge < -0.3 is 5.11 Å². The monoisotopic (exact) mass is 318 g/mol. The molecule has 0 aromatic rings. The zero-order valence-electron chi connectivity index (χ0n) is 9.83. The topological polar surface area (TPSA) is 20.2 Å². The van der Waals surface area contributed by atoms with E-state index in [-0.39, 0.29) is 25.9 Å². The molecule has 1 N–H and O–H groups in total. The molecule has 0 aliphatic heterocycles. The Hall–Kier alpha value is -0.930. The highest BCUT2D eigenvalue weighted by Crippen LogP contribution is 2.53. The lowest BCUT2D eigenvalue weighted by Gasteiger charge is -2.32. The van der Waals surface area contributed by atoms with E-state index in [1.54, 1.807) is 0 Å². The zero-order chi connectivity index (χ0) is 16.2. The van der Waals surface area contributed by atoms with Crippen LogP contribution < -0.4 is 0 Å². The predicted molar refractivity (Wildman–Crippen MR) is 51.0 cm³/mol. The standard InChI is InChI=1S/C10H11F9O/c11-7(12,5-3-1-2-4-6-20)8(13,14)9(15,16)10(17,18)19/h3,5,20H,1-2,4,6H2/b5-3+. The Morgan fingerprint density at radius 3 is 1.65 bits per heavy atom. The highest BCUT2D eigenvalue weighted by Gasteiger charge is 2.81. The molecule has 0 spiro atoms. The molecule has 20 heavy (non-hydrogen) atoms. The van der Waals surface area contributed by atoms with Crippen LogP contribution in [0.15, 0.2) is 12.2 Å². The molecule has 0 unspecified atom stereocenters. The fourth-order valence-electron chi connectivity index (χ4n) is 1.10. The lowest BCUT2D eigenvalue weighted by Crippen LogP contribution is -2.60. The van der Waals surface area contributed by atoms with Crippen molar-refractivity contribution in [2.75, 3.05) is 6.61 Å².